The van der Waals surface area contributed by atoms with E-state index in [4.69, 9.17) is 5.73 Å². The van der Waals surface area contributed by atoms with Crippen LogP contribution in [0, 0.1) is 0 Å². The van der Waals surface area contributed by atoms with Gasteiger partial charge in [0.05, 0.1) is 12.2 Å². The molecule has 0 bridgehead atoms. The van der Waals surface area contributed by atoms with Gasteiger partial charge in [-0.1, -0.05) is 0 Å². The molecule has 6 heteroatoms. The Hall–Kier alpha value is -1.69. The summed E-state index contributed by atoms with van der Waals surface area (Å²) in [5.41, 5.74) is 6.35. The second kappa shape index (κ2) is 5.77. The number of nitrogens with zero attached hydrogens (tertiary/aromatic N) is 3. The van der Waals surface area contributed by atoms with Crippen LogP contribution in [-0.4, -0.2) is 47.5 Å². The molecular formula is C12H19N5O. The van der Waals surface area contributed by atoms with Gasteiger partial charge in [0.25, 0.3) is 0 Å². The number of hydrogen-bond acceptors (Lipinski definition) is 5. The number of nitrogens with two attached hydrogens (primary N) is 1. The SMILES string of the molecule is CNc1nccnc1C1CCCN(C(=O)CN)C1. The standard InChI is InChI=1S/C12H19N5O/c1-14-12-11(15-4-5-16-12)9-3-2-6-17(8-9)10(18)7-13/h4-5,9H,2-3,6-8,13H2,1H3,(H,14,16). The number of amides is 1. The van der Waals surface area contributed by atoms with Gasteiger partial charge in [-0.3, -0.25) is 9.78 Å². The molecule has 0 radical (unpaired) electrons. The van der Waals surface area contributed by atoms with Crippen LogP contribution in [0.25, 0.3) is 0 Å². The van der Waals surface area contributed by atoms with Crippen LogP contribution in [-0.2, 0) is 4.79 Å². The van der Waals surface area contributed by atoms with Crippen molar-refractivity contribution in [2.45, 2.75) is 18.8 Å². The van der Waals surface area contributed by atoms with Crippen LogP contribution in [0.3, 0.4) is 0 Å². The zero-order chi connectivity index (χ0) is 13.0. The maximum absolute atomic E-state index is 11.6. The van der Waals surface area contributed by atoms with E-state index in [9.17, 15) is 4.79 Å². The van der Waals surface area contributed by atoms with Crippen molar-refractivity contribution in [2.75, 3.05) is 32.0 Å². The molecule has 0 saturated carbocycles. The molecular weight excluding hydrogens is 230 g/mol. The first-order chi connectivity index (χ1) is 8.76. The molecule has 1 amide bonds. The Morgan fingerprint density at radius 3 is 3.06 bits per heavy atom. The van der Waals surface area contributed by atoms with Crippen molar-refractivity contribution < 1.29 is 4.79 Å². The first-order valence-corrected chi connectivity index (χ1v) is 6.22. The molecule has 18 heavy (non-hydrogen) atoms. The molecule has 1 aromatic heterocycles. The van der Waals surface area contributed by atoms with Crippen molar-refractivity contribution in [1.82, 2.24) is 14.9 Å². The molecule has 2 rings (SSSR count). The third-order valence-corrected chi connectivity index (χ3v) is 3.30. The van der Waals surface area contributed by atoms with Gasteiger partial charge in [-0.25, -0.2) is 4.98 Å². The van der Waals surface area contributed by atoms with Gasteiger partial charge >= 0.3 is 0 Å². The molecule has 3 N–H and O–H groups in total. The number of anilines is 1. The molecule has 0 aromatic carbocycles. The van der Waals surface area contributed by atoms with Crippen molar-refractivity contribution >= 4 is 11.7 Å². The highest BCUT2D eigenvalue weighted by Gasteiger charge is 2.26. The van der Waals surface area contributed by atoms with E-state index in [2.05, 4.69) is 15.3 Å². The van der Waals surface area contributed by atoms with E-state index in [1.54, 1.807) is 12.4 Å². The highest BCUT2D eigenvalue weighted by atomic mass is 16.2. The third-order valence-electron chi connectivity index (χ3n) is 3.30. The highest BCUT2D eigenvalue weighted by Crippen LogP contribution is 2.28. The van der Waals surface area contributed by atoms with E-state index < -0.39 is 0 Å². The van der Waals surface area contributed by atoms with Crippen LogP contribution < -0.4 is 11.1 Å². The average Bonchev–Trinajstić information content (AvgIpc) is 2.46. The van der Waals surface area contributed by atoms with Gasteiger partial charge in [-0.2, -0.15) is 0 Å². The molecule has 1 aliphatic heterocycles. The zero-order valence-electron chi connectivity index (χ0n) is 10.6. The van der Waals surface area contributed by atoms with E-state index in [0.29, 0.717) is 6.54 Å². The van der Waals surface area contributed by atoms with Crippen molar-refractivity contribution in [3.63, 3.8) is 0 Å². The van der Waals surface area contributed by atoms with Gasteiger partial charge in [0.1, 0.15) is 5.82 Å². The number of likely N-dealkylation sites (tertiary alicyclic amines) is 1. The molecule has 1 saturated heterocycles. The van der Waals surface area contributed by atoms with Crippen LogP contribution in [0.2, 0.25) is 0 Å². The predicted molar refractivity (Wildman–Crippen MR) is 69.2 cm³/mol. The number of aromatic nitrogens is 2. The van der Waals surface area contributed by atoms with Crippen LogP contribution in [0.4, 0.5) is 5.82 Å². The minimum Gasteiger partial charge on any atom is -0.372 e. The number of hydrogen-bond donors (Lipinski definition) is 2. The van der Waals surface area contributed by atoms with Gasteiger partial charge in [-0.05, 0) is 12.8 Å². The molecule has 1 unspecified atom stereocenters. The fourth-order valence-electron chi connectivity index (χ4n) is 2.40. The van der Waals surface area contributed by atoms with Crippen molar-refractivity contribution in [3.05, 3.63) is 18.1 Å². The predicted octanol–water partition coefficient (Wildman–Crippen LogP) is 0.183. The van der Waals surface area contributed by atoms with E-state index in [0.717, 1.165) is 30.9 Å². The zero-order valence-corrected chi connectivity index (χ0v) is 10.6. The summed E-state index contributed by atoms with van der Waals surface area (Å²) < 4.78 is 0. The van der Waals surface area contributed by atoms with Gasteiger partial charge in [0, 0.05) is 38.4 Å². The Bertz CT molecular complexity index is 423. The normalized spacial score (nSPS) is 19.7. The summed E-state index contributed by atoms with van der Waals surface area (Å²) in [6.07, 6.45) is 5.37. The summed E-state index contributed by atoms with van der Waals surface area (Å²) in [5.74, 6) is 1.05. The van der Waals surface area contributed by atoms with Crippen LogP contribution in [0.5, 0.6) is 0 Å². The van der Waals surface area contributed by atoms with Crippen LogP contribution >= 0.6 is 0 Å². The first-order valence-electron chi connectivity index (χ1n) is 6.22. The Balaban J connectivity index is 2.15. The number of nitrogens with one attached hydrogen (secondary N) is 1. The minimum atomic E-state index is 0.00889. The van der Waals surface area contributed by atoms with E-state index in [1.165, 1.54) is 0 Å². The lowest BCUT2D eigenvalue weighted by Gasteiger charge is -2.32. The molecule has 1 fully saturated rings. The highest BCUT2D eigenvalue weighted by molar-refractivity contribution is 5.78. The molecule has 1 aromatic rings. The first kappa shape index (κ1) is 12.8. The lowest BCUT2D eigenvalue weighted by atomic mass is 9.94. The third kappa shape index (κ3) is 2.59. The molecule has 0 spiro atoms. The fraction of sp³-hybridized carbons (Fsp3) is 0.583. The molecule has 1 aliphatic rings. The average molecular weight is 249 g/mol. The van der Waals surface area contributed by atoms with Crippen molar-refractivity contribution in [1.29, 1.82) is 0 Å². The Morgan fingerprint density at radius 2 is 2.33 bits per heavy atom. The minimum absolute atomic E-state index is 0.00889. The molecule has 1 atom stereocenters. The smallest absolute Gasteiger partial charge is 0.236 e. The summed E-state index contributed by atoms with van der Waals surface area (Å²) in [7, 11) is 1.83. The Morgan fingerprint density at radius 1 is 1.56 bits per heavy atom. The summed E-state index contributed by atoms with van der Waals surface area (Å²) in [6.45, 7) is 1.55. The van der Waals surface area contributed by atoms with E-state index >= 15 is 0 Å². The van der Waals surface area contributed by atoms with E-state index in [1.807, 2.05) is 11.9 Å². The molecule has 0 aliphatic carbocycles. The summed E-state index contributed by atoms with van der Waals surface area (Å²) in [4.78, 5) is 22.1. The number of rotatable bonds is 3. The van der Waals surface area contributed by atoms with Gasteiger partial charge in [0.2, 0.25) is 5.91 Å². The molecule has 98 valence electrons. The maximum atomic E-state index is 11.6. The number of carbonyl (C=O) groups is 1. The number of carbonyl (C=O) groups excluding carboxylic acids is 1. The monoisotopic (exact) mass is 249 g/mol. The summed E-state index contributed by atoms with van der Waals surface area (Å²) in [5, 5.41) is 3.05. The Labute approximate surface area is 107 Å². The largest absolute Gasteiger partial charge is 0.372 e. The topological polar surface area (TPSA) is 84.1 Å². The quantitative estimate of drug-likeness (QED) is 0.798. The van der Waals surface area contributed by atoms with Crippen LogP contribution in [0.15, 0.2) is 12.4 Å². The number of piperidine rings is 1. The van der Waals surface area contributed by atoms with Crippen molar-refractivity contribution in [2.24, 2.45) is 5.73 Å². The van der Waals surface area contributed by atoms with E-state index in [-0.39, 0.29) is 18.4 Å². The fourth-order valence-corrected chi connectivity index (χ4v) is 2.40. The Kier molecular flexibility index (Phi) is 4.09. The second-order valence-electron chi connectivity index (χ2n) is 4.42. The van der Waals surface area contributed by atoms with Crippen LogP contribution in [0.1, 0.15) is 24.5 Å². The lowest BCUT2D eigenvalue weighted by Crippen LogP contribution is -2.42. The summed E-state index contributed by atoms with van der Waals surface area (Å²) in [6, 6.07) is 0. The lowest BCUT2D eigenvalue weighted by molar-refractivity contribution is -0.130. The second-order valence-corrected chi connectivity index (χ2v) is 4.42. The summed E-state index contributed by atoms with van der Waals surface area (Å²) >= 11 is 0. The molecule has 6 nitrogen and oxygen atoms in total. The van der Waals surface area contributed by atoms with Gasteiger partial charge in [-0.15, -0.1) is 0 Å². The maximum Gasteiger partial charge on any atom is 0.236 e. The van der Waals surface area contributed by atoms with Crippen molar-refractivity contribution in [3.8, 4) is 0 Å². The van der Waals surface area contributed by atoms with Gasteiger partial charge in [0.15, 0.2) is 0 Å². The van der Waals surface area contributed by atoms with Gasteiger partial charge < -0.3 is 16.0 Å². The molecule has 2 heterocycles.